The molecule has 2 aromatic rings. The van der Waals surface area contributed by atoms with Gasteiger partial charge in [-0.05, 0) is 42.5 Å². The molecule has 2 bridgehead atoms. The van der Waals surface area contributed by atoms with Gasteiger partial charge in [0.1, 0.15) is 10.8 Å². The molecule has 2 aliphatic heterocycles. The minimum atomic E-state index is -1.26. The van der Waals surface area contributed by atoms with E-state index in [1.54, 1.807) is 12.1 Å². The Morgan fingerprint density at radius 1 is 0.973 bits per heavy atom. The predicted octanol–water partition coefficient (Wildman–Crippen LogP) is 4.53. The normalized spacial score (nSPS) is 23.0. The SMILES string of the molecule is O=C(O)C1C(c2ccc(CCCOc3c(F)ccc(F)c3Cl)cc2)CC2CN(C(=O)O)CC1N2C(=O)O. The van der Waals surface area contributed by atoms with Gasteiger partial charge in [0.2, 0.25) is 0 Å². The molecule has 37 heavy (non-hydrogen) atoms. The van der Waals surface area contributed by atoms with Crippen molar-refractivity contribution in [2.24, 2.45) is 5.92 Å². The minimum Gasteiger partial charge on any atom is -0.489 e. The van der Waals surface area contributed by atoms with E-state index >= 15 is 0 Å². The molecule has 2 fully saturated rings. The number of piperidine rings is 1. The Labute approximate surface area is 215 Å². The molecule has 0 radical (unpaired) electrons. The molecule has 2 saturated heterocycles. The fraction of sp³-hybridized carbons (Fsp3) is 0.400. The number of carboxylic acids is 1. The number of benzene rings is 2. The number of nitrogens with zero attached hydrogens (tertiary/aromatic N) is 2. The fourth-order valence-corrected chi connectivity index (χ4v) is 5.55. The van der Waals surface area contributed by atoms with Crippen molar-refractivity contribution in [1.29, 1.82) is 0 Å². The Hall–Kier alpha value is -3.60. The van der Waals surface area contributed by atoms with Crippen molar-refractivity contribution >= 4 is 29.8 Å². The van der Waals surface area contributed by atoms with Crippen LogP contribution in [0.5, 0.6) is 5.75 Å². The van der Waals surface area contributed by atoms with E-state index in [0.29, 0.717) is 12.8 Å². The summed E-state index contributed by atoms with van der Waals surface area (Å²) in [7, 11) is 0. The van der Waals surface area contributed by atoms with Gasteiger partial charge < -0.3 is 25.0 Å². The van der Waals surface area contributed by atoms with Gasteiger partial charge in [-0.15, -0.1) is 0 Å². The lowest BCUT2D eigenvalue weighted by molar-refractivity contribution is -0.150. The number of piperazine rings is 1. The van der Waals surface area contributed by atoms with Crippen LogP contribution in [0.3, 0.4) is 0 Å². The maximum Gasteiger partial charge on any atom is 0.407 e. The van der Waals surface area contributed by atoms with Crippen molar-refractivity contribution in [3.63, 3.8) is 0 Å². The topological polar surface area (TPSA) is 128 Å². The third-order valence-corrected chi connectivity index (χ3v) is 7.36. The lowest BCUT2D eigenvalue weighted by Crippen LogP contribution is -2.68. The smallest absolute Gasteiger partial charge is 0.407 e. The number of carboxylic acid groups (broad SMARTS) is 3. The van der Waals surface area contributed by atoms with Gasteiger partial charge in [0.25, 0.3) is 0 Å². The van der Waals surface area contributed by atoms with Crippen LogP contribution < -0.4 is 4.74 Å². The lowest BCUT2D eigenvalue weighted by atomic mass is 9.71. The van der Waals surface area contributed by atoms with Gasteiger partial charge in [-0.25, -0.2) is 18.4 Å². The molecule has 2 heterocycles. The number of hydrogen-bond acceptors (Lipinski definition) is 4. The van der Waals surface area contributed by atoms with Gasteiger partial charge in [0.15, 0.2) is 11.6 Å². The van der Waals surface area contributed by atoms with E-state index < -0.39 is 58.7 Å². The Kier molecular flexibility index (Phi) is 7.72. The first-order chi connectivity index (χ1) is 17.6. The van der Waals surface area contributed by atoms with E-state index in [1.165, 1.54) is 0 Å². The van der Waals surface area contributed by atoms with Crippen LogP contribution in [0.1, 0.15) is 29.9 Å². The number of hydrogen-bond donors (Lipinski definition) is 3. The molecule has 9 nitrogen and oxygen atoms in total. The summed E-state index contributed by atoms with van der Waals surface area (Å²) < 4.78 is 32.7. The highest BCUT2D eigenvalue weighted by atomic mass is 35.5. The molecule has 198 valence electrons. The molecule has 12 heteroatoms. The van der Waals surface area contributed by atoms with Gasteiger partial charge in [-0.2, -0.15) is 0 Å². The molecule has 2 amide bonds. The Bertz CT molecular complexity index is 1200. The second-order valence-electron chi connectivity index (χ2n) is 9.17. The van der Waals surface area contributed by atoms with Crippen LogP contribution in [0, 0.1) is 17.6 Å². The molecular weight excluding hydrogens is 514 g/mol. The molecule has 0 aliphatic carbocycles. The van der Waals surface area contributed by atoms with Crippen molar-refractivity contribution in [2.45, 2.75) is 37.3 Å². The average Bonchev–Trinajstić information content (AvgIpc) is 2.84. The number of halogens is 3. The Morgan fingerprint density at radius 2 is 1.65 bits per heavy atom. The molecule has 0 saturated carbocycles. The van der Waals surface area contributed by atoms with E-state index in [9.17, 15) is 38.5 Å². The third-order valence-electron chi connectivity index (χ3n) is 7.01. The predicted molar refractivity (Wildman–Crippen MR) is 127 cm³/mol. The number of rotatable bonds is 7. The largest absolute Gasteiger partial charge is 0.489 e. The van der Waals surface area contributed by atoms with Gasteiger partial charge in [0.05, 0.1) is 24.6 Å². The molecule has 4 atom stereocenters. The van der Waals surface area contributed by atoms with Gasteiger partial charge in [0, 0.05) is 19.0 Å². The minimum absolute atomic E-state index is 0.0189. The van der Waals surface area contributed by atoms with Crippen molar-refractivity contribution in [3.8, 4) is 5.75 Å². The summed E-state index contributed by atoms with van der Waals surface area (Å²) in [5.74, 6) is -4.65. The molecule has 2 aromatic carbocycles. The molecular formula is C25H25ClF2N2O7. The number of carbonyl (C=O) groups is 3. The van der Waals surface area contributed by atoms with E-state index in [4.69, 9.17) is 16.3 Å². The monoisotopic (exact) mass is 538 g/mol. The van der Waals surface area contributed by atoms with Gasteiger partial charge >= 0.3 is 18.2 Å². The number of ether oxygens (including phenoxy) is 1. The second-order valence-corrected chi connectivity index (χ2v) is 9.55. The first-order valence-electron chi connectivity index (χ1n) is 11.7. The van der Waals surface area contributed by atoms with Crippen LogP contribution in [0.4, 0.5) is 18.4 Å². The third kappa shape index (κ3) is 5.41. The van der Waals surface area contributed by atoms with E-state index in [-0.39, 0.29) is 31.9 Å². The summed E-state index contributed by atoms with van der Waals surface area (Å²) >= 11 is 5.76. The number of aliphatic carboxylic acids is 1. The summed E-state index contributed by atoms with van der Waals surface area (Å²) in [4.78, 5) is 37.8. The zero-order chi connectivity index (χ0) is 26.9. The molecule has 3 N–H and O–H groups in total. The number of fused-ring (bicyclic) bond motifs is 2. The highest BCUT2D eigenvalue weighted by molar-refractivity contribution is 6.32. The van der Waals surface area contributed by atoms with E-state index in [1.807, 2.05) is 12.1 Å². The summed E-state index contributed by atoms with van der Waals surface area (Å²) in [6.45, 7) is -0.130. The van der Waals surface area contributed by atoms with Crippen LogP contribution in [0.25, 0.3) is 0 Å². The second kappa shape index (κ2) is 10.8. The standard InChI is InChI=1S/C25H25ClF2N2O7/c26-21-17(27)7-8-18(28)22(21)37-9-1-2-13-3-5-14(6-4-13)16-10-15-11-29(24(33)34)12-19(20(16)23(31)32)30(15)25(35)36/h3-8,15-16,19-20H,1-2,9-12H2,(H,31,32)(H,33,34)(H,35,36). The van der Waals surface area contributed by atoms with Crippen LogP contribution in [-0.4, -0.2) is 75.1 Å². The van der Waals surface area contributed by atoms with Crippen molar-refractivity contribution < 1.29 is 43.2 Å². The fourth-order valence-electron chi connectivity index (χ4n) is 5.34. The molecule has 0 aromatic heterocycles. The summed E-state index contributed by atoms with van der Waals surface area (Å²) in [5.41, 5.74) is 1.63. The molecule has 0 spiro atoms. The van der Waals surface area contributed by atoms with Crippen LogP contribution >= 0.6 is 11.6 Å². The zero-order valence-corrected chi connectivity index (χ0v) is 20.3. The summed E-state index contributed by atoms with van der Waals surface area (Å²) in [6, 6.07) is 7.44. The lowest BCUT2D eigenvalue weighted by Gasteiger charge is -2.52. The quantitative estimate of drug-likeness (QED) is 0.349. The zero-order valence-electron chi connectivity index (χ0n) is 19.5. The molecule has 2 aliphatic rings. The van der Waals surface area contributed by atoms with Crippen LogP contribution in [0.2, 0.25) is 5.02 Å². The van der Waals surface area contributed by atoms with Crippen molar-refractivity contribution in [3.05, 3.63) is 64.2 Å². The van der Waals surface area contributed by atoms with Crippen LogP contribution in [0.15, 0.2) is 36.4 Å². The Balaban J connectivity index is 1.44. The summed E-state index contributed by atoms with van der Waals surface area (Å²) in [5, 5.41) is 28.7. The highest BCUT2D eigenvalue weighted by Crippen LogP contribution is 2.43. The number of aryl methyl sites for hydroxylation is 1. The van der Waals surface area contributed by atoms with E-state index in [2.05, 4.69) is 0 Å². The highest BCUT2D eigenvalue weighted by Gasteiger charge is 2.53. The maximum atomic E-state index is 13.8. The number of likely N-dealkylation sites (tertiary alicyclic amines) is 1. The first-order valence-corrected chi connectivity index (χ1v) is 12.0. The van der Waals surface area contributed by atoms with Crippen LogP contribution in [-0.2, 0) is 11.2 Å². The number of amides is 2. The van der Waals surface area contributed by atoms with Crippen molar-refractivity contribution in [1.82, 2.24) is 9.80 Å². The maximum absolute atomic E-state index is 13.8. The molecule has 4 unspecified atom stereocenters. The van der Waals surface area contributed by atoms with E-state index in [0.717, 1.165) is 33.1 Å². The summed E-state index contributed by atoms with van der Waals surface area (Å²) in [6.07, 6.45) is -1.26. The first kappa shape index (κ1) is 26.5. The Morgan fingerprint density at radius 3 is 2.27 bits per heavy atom. The van der Waals surface area contributed by atoms with Gasteiger partial charge in [-0.1, -0.05) is 35.9 Å². The van der Waals surface area contributed by atoms with Gasteiger partial charge in [-0.3, -0.25) is 9.69 Å². The average molecular weight is 539 g/mol. The molecule has 4 rings (SSSR count). The van der Waals surface area contributed by atoms with Crippen molar-refractivity contribution in [2.75, 3.05) is 19.7 Å².